The zero-order valence-corrected chi connectivity index (χ0v) is 11.9. The molecule has 0 aliphatic rings. The maximum absolute atomic E-state index is 11.7. The lowest BCUT2D eigenvalue weighted by atomic mass is 10.2. The highest BCUT2D eigenvalue weighted by Crippen LogP contribution is 2.20. The Hall–Kier alpha value is -2.54. The summed E-state index contributed by atoms with van der Waals surface area (Å²) >= 11 is 5.75. The molecule has 0 saturated heterocycles. The van der Waals surface area contributed by atoms with Crippen LogP contribution in [-0.2, 0) is 13.6 Å². The van der Waals surface area contributed by atoms with Crippen LogP contribution in [0.25, 0.3) is 0 Å². The summed E-state index contributed by atoms with van der Waals surface area (Å²) in [6.45, 7) is 0.259. The number of imidazole rings is 1. The zero-order valence-electron chi connectivity index (χ0n) is 11.1. The van der Waals surface area contributed by atoms with Crippen LogP contribution in [0.1, 0.15) is 16.2 Å². The molecule has 7 nitrogen and oxygen atoms in total. The smallest absolute Gasteiger partial charge is 0.337 e. The molecule has 0 atom stereocenters. The molecule has 1 heterocycles. The summed E-state index contributed by atoms with van der Waals surface area (Å²) < 4.78 is 1.78. The van der Waals surface area contributed by atoms with Crippen molar-refractivity contribution in [2.45, 2.75) is 6.54 Å². The number of carboxylic acids is 1. The summed E-state index contributed by atoms with van der Waals surface area (Å²) in [6.07, 6.45) is 3.40. The van der Waals surface area contributed by atoms with Crippen LogP contribution < -0.4 is 10.6 Å². The van der Waals surface area contributed by atoms with Crippen molar-refractivity contribution in [2.24, 2.45) is 7.05 Å². The first-order chi connectivity index (χ1) is 9.97. The van der Waals surface area contributed by atoms with Crippen LogP contribution in [0.15, 0.2) is 30.6 Å². The minimum absolute atomic E-state index is 0.0708. The van der Waals surface area contributed by atoms with Gasteiger partial charge in [-0.2, -0.15) is 0 Å². The topological polar surface area (TPSA) is 96.3 Å². The van der Waals surface area contributed by atoms with Gasteiger partial charge in [-0.3, -0.25) is 0 Å². The fourth-order valence-corrected chi connectivity index (χ4v) is 1.87. The first-order valence-corrected chi connectivity index (χ1v) is 6.39. The Morgan fingerprint density at radius 2 is 2.19 bits per heavy atom. The summed E-state index contributed by atoms with van der Waals surface area (Å²) in [5.41, 5.74) is 0.271. The highest BCUT2D eigenvalue weighted by Gasteiger charge is 2.11. The molecular formula is C13H13ClN4O3. The first kappa shape index (κ1) is 14.9. The fraction of sp³-hybridized carbons (Fsp3) is 0.154. The van der Waals surface area contributed by atoms with Crippen LogP contribution >= 0.6 is 11.6 Å². The number of rotatable bonds is 4. The Bertz CT molecular complexity index is 684. The molecule has 0 saturated carbocycles. The summed E-state index contributed by atoms with van der Waals surface area (Å²) in [6, 6.07) is 3.77. The second-order valence-corrected chi connectivity index (χ2v) is 4.67. The Morgan fingerprint density at radius 1 is 1.43 bits per heavy atom. The van der Waals surface area contributed by atoms with E-state index in [1.807, 2.05) is 7.05 Å². The number of amides is 2. The summed E-state index contributed by atoms with van der Waals surface area (Å²) in [5, 5.41) is 14.2. The molecule has 1 aromatic carbocycles. The second kappa shape index (κ2) is 6.27. The molecule has 2 amide bonds. The van der Waals surface area contributed by atoms with E-state index in [9.17, 15) is 9.59 Å². The summed E-state index contributed by atoms with van der Waals surface area (Å²) in [4.78, 5) is 26.8. The number of nitrogens with one attached hydrogen (secondary N) is 2. The fourth-order valence-electron chi connectivity index (χ4n) is 1.67. The highest BCUT2D eigenvalue weighted by molar-refractivity contribution is 6.33. The summed E-state index contributed by atoms with van der Waals surface area (Å²) in [7, 11) is 1.82. The van der Waals surface area contributed by atoms with Crippen molar-refractivity contribution in [1.82, 2.24) is 14.9 Å². The van der Waals surface area contributed by atoms with Crippen molar-refractivity contribution in [1.29, 1.82) is 0 Å². The molecule has 21 heavy (non-hydrogen) atoms. The highest BCUT2D eigenvalue weighted by atomic mass is 35.5. The van der Waals surface area contributed by atoms with Crippen molar-refractivity contribution >= 4 is 29.3 Å². The maximum atomic E-state index is 11.7. The third kappa shape index (κ3) is 3.73. The lowest BCUT2D eigenvalue weighted by Crippen LogP contribution is -2.29. The molecule has 2 rings (SSSR count). The van der Waals surface area contributed by atoms with E-state index in [4.69, 9.17) is 16.7 Å². The summed E-state index contributed by atoms with van der Waals surface area (Å²) in [5.74, 6) is -0.454. The third-order valence-corrected chi connectivity index (χ3v) is 3.11. The number of urea groups is 1. The number of hydrogen-bond donors (Lipinski definition) is 3. The van der Waals surface area contributed by atoms with E-state index >= 15 is 0 Å². The van der Waals surface area contributed by atoms with Gasteiger partial charge in [0.1, 0.15) is 5.82 Å². The quantitative estimate of drug-likeness (QED) is 0.805. The number of carbonyl (C=O) groups is 2. The standard InChI is InChI=1S/C13H13ClN4O3/c1-18-5-4-15-11(18)7-16-13(21)17-8-2-3-10(14)9(6-8)12(19)20/h2-6H,7H2,1H3,(H,19,20)(H2,16,17,21). The average molecular weight is 309 g/mol. The minimum atomic E-state index is -1.16. The number of aryl methyl sites for hydroxylation is 1. The number of carbonyl (C=O) groups excluding carboxylic acids is 1. The van der Waals surface area contributed by atoms with Gasteiger partial charge in [-0.1, -0.05) is 11.6 Å². The van der Waals surface area contributed by atoms with Gasteiger partial charge < -0.3 is 20.3 Å². The van der Waals surface area contributed by atoms with E-state index in [2.05, 4.69) is 15.6 Å². The van der Waals surface area contributed by atoms with Gasteiger partial charge in [0.05, 0.1) is 17.1 Å². The number of halogens is 1. The number of anilines is 1. The monoisotopic (exact) mass is 308 g/mol. The Labute approximate surface area is 125 Å². The van der Waals surface area contributed by atoms with E-state index in [0.717, 1.165) is 0 Å². The molecule has 2 aromatic rings. The molecule has 0 unspecified atom stereocenters. The largest absolute Gasteiger partial charge is 0.478 e. The maximum Gasteiger partial charge on any atom is 0.337 e. The van der Waals surface area contributed by atoms with E-state index in [1.165, 1.54) is 18.2 Å². The Morgan fingerprint density at radius 3 is 2.81 bits per heavy atom. The van der Waals surface area contributed by atoms with Crippen LogP contribution in [0.4, 0.5) is 10.5 Å². The van der Waals surface area contributed by atoms with Crippen LogP contribution in [0, 0.1) is 0 Å². The van der Waals surface area contributed by atoms with Crippen molar-refractivity contribution in [3.63, 3.8) is 0 Å². The molecule has 0 spiro atoms. The molecule has 110 valence electrons. The molecule has 0 fully saturated rings. The van der Waals surface area contributed by atoms with E-state index < -0.39 is 12.0 Å². The van der Waals surface area contributed by atoms with Crippen LogP contribution in [0.5, 0.6) is 0 Å². The van der Waals surface area contributed by atoms with Crippen molar-refractivity contribution < 1.29 is 14.7 Å². The van der Waals surface area contributed by atoms with Crippen molar-refractivity contribution in [3.05, 3.63) is 47.0 Å². The third-order valence-electron chi connectivity index (χ3n) is 2.78. The van der Waals surface area contributed by atoms with Crippen molar-refractivity contribution in [2.75, 3.05) is 5.32 Å². The molecule has 3 N–H and O–H groups in total. The second-order valence-electron chi connectivity index (χ2n) is 4.26. The molecule has 0 aliphatic heterocycles. The number of hydrogen-bond acceptors (Lipinski definition) is 3. The van der Waals surface area contributed by atoms with E-state index in [-0.39, 0.29) is 17.1 Å². The lowest BCUT2D eigenvalue weighted by Gasteiger charge is -2.09. The van der Waals surface area contributed by atoms with Gasteiger partial charge >= 0.3 is 12.0 Å². The minimum Gasteiger partial charge on any atom is -0.478 e. The zero-order chi connectivity index (χ0) is 15.4. The van der Waals surface area contributed by atoms with Gasteiger partial charge in [0.15, 0.2) is 0 Å². The number of nitrogens with zero attached hydrogens (tertiary/aromatic N) is 2. The Balaban J connectivity index is 1.98. The van der Waals surface area contributed by atoms with Gasteiger partial charge in [-0.05, 0) is 18.2 Å². The number of benzene rings is 1. The lowest BCUT2D eigenvalue weighted by molar-refractivity contribution is 0.0697. The molecule has 8 heteroatoms. The van der Waals surface area contributed by atoms with E-state index in [0.29, 0.717) is 11.5 Å². The van der Waals surface area contributed by atoms with Crippen LogP contribution in [0.2, 0.25) is 5.02 Å². The number of aromatic nitrogens is 2. The van der Waals surface area contributed by atoms with Crippen LogP contribution in [-0.4, -0.2) is 26.7 Å². The molecular weight excluding hydrogens is 296 g/mol. The SMILES string of the molecule is Cn1ccnc1CNC(=O)Nc1ccc(Cl)c(C(=O)O)c1. The van der Waals surface area contributed by atoms with Crippen LogP contribution in [0.3, 0.4) is 0 Å². The number of aromatic carboxylic acids is 1. The van der Waals surface area contributed by atoms with E-state index in [1.54, 1.807) is 17.0 Å². The number of carboxylic acid groups (broad SMARTS) is 1. The van der Waals surface area contributed by atoms with Gasteiger partial charge in [0.25, 0.3) is 0 Å². The molecule has 0 radical (unpaired) electrons. The molecule has 0 aliphatic carbocycles. The normalized spacial score (nSPS) is 10.2. The van der Waals surface area contributed by atoms with Gasteiger partial charge in [0, 0.05) is 25.1 Å². The molecule has 0 bridgehead atoms. The van der Waals surface area contributed by atoms with Crippen molar-refractivity contribution in [3.8, 4) is 0 Å². The van der Waals surface area contributed by atoms with Gasteiger partial charge in [0.2, 0.25) is 0 Å². The predicted molar refractivity (Wildman–Crippen MR) is 77.5 cm³/mol. The molecule has 1 aromatic heterocycles. The predicted octanol–water partition coefficient (Wildman–Crippen LogP) is 2.09. The average Bonchev–Trinajstić information content (AvgIpc) is 2.84. The first-order valence-electron chi connectivity index (χ1n) is 6.01. The Kier molecular flexibility index (Phi) is 4.44. The van der Waals surface area contributed by atoms with Gasteiger partial charge in [-0.25, -0.2) is 14.6 Å². The van der Waals surface area contributed by atoms with Gasteiger partial charge in [-0.15, -0.1) is 0 Å².